The zero-order valence-corrected chi connectivity index (χ0v) is 16.7. The first kappa shape index (κ1) is 19.1. The van der Waals surface area contributed by atoms with Gasteiger partial charge >= 0.3 is 11.9 Å². The van der Waals surface area contributed by atoms with Gasteiger partial charge in [-0.2, -0.15) is 5.10 Å². The van der Waals surface area contributed by atoms with Crippen molar-refractivity contribution in [3.63, 3.8) is 0 Å². The van der Waals surface area contributed by atoms with Crippen molar-refractivity contribution in [2.75, 3.05) is 7.11 Å². The van der Waals surface area contributed by atoms with Crippen LogP contribution in [-0.4, -0.2) is 33.8 Å². The van der Waals surface area contributed by atoms with E-state index in [4.69, 9.17) is 9.72 Å². The zero-order chi connectivity index (χ0) is 20.5. The molecule has 0 atom stereocenters. The standard InChI is InChI=1S/C22H23N3O4/c1-13(2)25-20-18(11-23-25)17(10-19(24-20)15-8-9-15)22(27)29-12-14-4-6-16(7-5-14)21(26)28-3/h4-7,10-11,13,15H,8-9,12H2,1-3H3. The van der Waals surface area contributed by atoms with Crippen LogP contribution in [0.15, 0.2) is 36.5 Å². The highest BCUT2D eigenvalue weighted by molar-refractivity contribution is 6.02. The summed E-state index contributed by atoms with van der Waals surface area (Å²) in [4.78, 5) is 29.2. The van der Waals surface area contributed by atoms with Gasteiger partial charge in [-0.25, -0.2) is 19.3 Å². The van der Waals surface area contributed by atoms with Crippen molar-refractivity contribution in [2.45, 2.75) is 45.3 Å². The maximum Gasteiger partial charge on any atom is 0.339 e. The number of benzene rings is 1. The van der Waals surface area contributed by atoms with E-state index in [0.29, 0.717) is 22.4 Å². The molecule has 1 aliphatic rings. The molecule has 2 aromatic heterocycles. The lowest BCUT2D eigenvalue weighted by molar-refractivity contribution is 0.0473. The molecule has 3 aromatic rings. The molecule has 1 aromatic carbocycles. The minimum absolute atomic E-state index is 0.112. The van der Waals surface area contributed by atoms with E-state index in [-0.39, 0.29) is 12.6 Å². The summed E-state index contributed by atoms with van der Waals surface area (Å²) in [6.07, 6.45) is 3.87. The Morgan fingerprint density at radius 1 is 1.17 bits per heavy atom. The van der Waals surface area contributed by atoms with Crippen LogP contribution >= 0.6 is 0 Å². The first-order valence-electron chi connectivity index (χ1n) is 9.70. The fourth-order valence-corrected chi connectivity index (χ4v) is 3.25. The molecule has 7 heteroatoms. The SMILES string of the molecule is COC(=O)c1ccc(COC(=O)c2cc(C3CC3)nc3c2cnn3C(C)C)cc1. The highest BCUT2D eigenvalue weighted by Crippen LogP contribution is 2.40. The van der Waals surface area contributed by atoms with Crippen molar-refractivity contribution in [3.05, 3.63) is 58.9 Å². The Morgan fingerprint density at radius 2 is 1.90 bits per heavy atom. The topological polar surface area (TPSA) is 83.3 Å². The van der Waals surface area contributed by atoms with Gasteiger partial charge in [-0.3, -0.25) is 0 Å². The Balaban J connectivity index is 1.57. The van der Waals surface area contributed by atoms with Crippen LogP contribution in [0.2, 0.25) is 0 Å². The summed E-state index contributed by atoms with van der Waals surface area (Å²) in [6, 6.07) is 8.78. The number of esters is 2. The highest BCUT2D eigenvalue weighted by atomic mass is 16.5. The molecule has 0 spiro atoms. The summed E-state index contributed by atoms with van der Waals surface area (Å²) in [5.41, 5.74) is 3.38. The van der Waals surface area contributed by atoms with Crippen molar-refractivity contribution in [2.24, 2.45) is 0 Å². The number of nitrogens with zero attached hydrogens (tertiary/aromatic N) is 3. The second-order valence-electron chi connectivity index (χ2n) is 7.55. The molecule has 150 valence electrons. The third-order valence-electron chi connectivity index (χ3n) is 5.04. The number of hydrogen-bond acceptors (Lipinski definition) is 6. The zero-order valence-electron chi connectivity index (χ0n) is 16.7. The van der Waals surface area contributed by atoms with Gasteiger partial charge in [0.05, 0.1) is 29.8 Å². The number of rotatable bonds is 6. The van der Waals surface area contributed by atoms with Crippen LogP contribution in [0.1, 0.15) is 70.6 Å². The fraction of sp³-hybridized carbons (Fsp3) is 0.364. The van der Waals surface area contributed by atoms with Crippen LogP contribution in [0.25, 0.3) is 11.0 Å². The Kier molecular flexibility index (Phi) is 5.05. The van der Waals surface area contributed by atoms with E-state index in [1.54, 1.807) is 30.5 Å². The van der Waals surface area contributed by atoms with E-state index >= 15 is 0 Å². The van der Waals surface area contributed by atoms with Crippen molar-refractivity contribution in [1.82, 2.24) is 14.8 Å². The van der Waals surface area contributed by atoms with Gasteiger partial charge in [-0.05, 0) is 50.5 Å². The number of carbonyl (C=O) groups excluding carboxylic acids is 2. The highest BCUT2D eigenvalue weighted by Gasteiger charge is 2.28. The number of fused-ring (bicyclic) bond motifs is 1. The van der Waals surface area contributed by atoms with Crippen LogP contribution in [-0.2, 0) is 16.1 Å². The van der Waals surface area contributed by atoms with Crippen molar-refractivity contribution < 1.29 is 19.1 Å². The molecule has 1 fully saturated rings. The summed E-state index contributed by atoms with van der Waals surface area (Å²) in [6.45, 7) is 4.18. The number of carbonyl (C=O) groups is 2. The van der Waals surface area contributed by atoms with Gasteiger partial charge < -0.3 is 9.47 Å². The van der Waals surface area contributed by atoms with E-state index in [1.807, 2.05) is 24.6 Å². The molecular formula is C22H23N3O4. The monoisotopic (exact) mass is 393 g/mol. The van der Waals surface area contributed by atoms with Crippen LogP contribution in [0.4, 0.5) is 0 Å². The van der Waals surface area contributed by atoms with E-state index in [1.165, 1.54) is 7.11 Å². The van der Waals surface area contributed by atoms with E-state index in [0.717, 1.165) is 29.7 Å². The molecule has 0 radical (unpaired) electrons. The van der Waals surface area contributed by atoms with Gasteiger partial charge in [0.2, 0.25) is 0 Å². The van der Waals surface area contributed by atoms with Crippen molar-refractivity contribution in [3.8, 4) is 0 Å². The average molecular weight is 393 g/mol. The van der Waals surface area contributed by atoms with Gasteiger partial charge in [0, 0.05) is 17.7 Å². The lowest BCUT2D eigenvalue weighted by atomic mass is 10.1. The number of methoxy groups -OCH3 is 1. The molecule has 0 saturated heterocycles. The molecule has 0 amide bonds. The molecule has 29 heavy (non-hydrogen) atoms. The van der Waals surface area contributed by atoms with Crippen LogP contribution < -0.4 is 0 Å². The van der Waals surface area contributed by atoms with Crippen LogP contribution in [0.5, 0.6) is 0 Å². The molecule has 4 rings (SSSR count). The largest absolute Gasteiger partial charge is 0.465 e. The molecule has 1 saturated carbocycles. The summed E-state index contributed by atoms with van der Waals surface area (Å²) >= 11 is 0. The van der Waals surface area contributed by atoms with Crippen LogP contribution in [0, 0.1) is 0 Å². The third-order valence-corrected chi connectivity index (χ3v) is 5.04. The summed E-state index contributed by atoms with van der Waals surface area (Å²) in [7, 11) is 1.34. The number of pyridine rings is 1. The molecule has 0 unspecified atom stereocenters. The minimum atomic E-state index is -0.403. The normalized spacial score (nSPS) is 13.7. The van der Waals surface area contributed by atoms with E-state index in [9.17, 15) is 9.59 Å². The smallest absolute Gasteiger partial charge is 0.339 e. The van der Waals surface area contributed by atoms with Gasteiger partial charge in [0.1, 0.15) is 6.61 Å². The van der Waals surface area contributed by atoms with Crippen molar-refractivity contribution >= 4 is 23.0 Å². The van der Waals surface area contributed by atoms with E-state index in [2.05, 4.69) is 9.84 Å². The first-order valence-corrected chi connectivity index (χ1v) is 9.70. The molecule has 2 heterocycles. The lowest BCUT2D eigenvalue weighted by Crippen LogP contribution is -2.09. The van der Waals surface area contributed by atoms with Crippen LogP contribution in [0.3, 0.4) is 0 Å². The fourth-order valence-electron chi connectivity index (χ4n) is 3.25. The quantitative estimate of drug-likeness (QED) is 0.588. The summed E-state index contributed by atoms with van der Waals surface area (Å²) < 4.78 is 12.1. The second-order valence-corrected chi connectivity index (χ2v) is 7.55. The first-order chi connectivity index (χ1) is 14.0. The predicted molar refractivity (Wildman–Crippen MR) is 107 cm³/mol. The Bertz CT molecular complexity index is 1070. The van der Waals surface area contributed by atoms with Gasteiger partial charge in [0.25, 0.3) is 0 Å². The predicted octanol–water partition coefficient (Wildman–Crippen LogP) is 4.03. The Hall–Kier alpha value is -3.22. The summed E-state index contributed by atoms with van der Waals surface area (Å²) in [5, 5.41) is 5.12. The van der Waals surface area contributed by atoms with Gasteiger partial charge in [-0.15, -0.1) is 0 Å². The molecule has 7 nitrogen and oxygen atoms in total. The molecule has 0 aliphatic heterocycles. The van der Waals surface area contributed by atoms with Crippen molar-refractivity contribution in [1.29, 1.82) is 0 Å². The van der Waals surface area contributed by atoms with Gasteiger partial charge in [-0.1, -0.05) is 12.1 Å². The molecule has 1 aliphatic carbocycles. The average Bonchev–Trinajstić information content (AvgIpc) is 3.49. The second kappa shape index (κ2) is 7.66. The third kappa shape index (κ3) is 3.85. The molecule has 0 bridgehead atoms. The summed E-state index contributed by atoms with van der Waals surface area (Å²) in [5.74, 6) is -0.394. The maximum absolute atomic E-state index is 12.9. The number of hydrogen-bond donors (Lipinski definition) is 0. The number of aromatic nitrogens is 3. The Labute approximate surface area is 168 Å². The minimum Gasteiger partial charge on any atom is -0.465 e. The Morgan fingerprint density at radius 3 is 2.52 bits per heavy atom. The molecule has 0 N–H and O–H groups in total. The van der Waals surface area contributed by atoms with E-state index < -0.39 is 11.9 Å². The van der Waals surface area contributed by atoms with Gasteiger partial charge in [0.15, 0.2) is 5.65 Å². The maximum atomic E-state index is 12.9. The number of ether oxygens (including phenoxy) is 2. The molecular weight excluding hydrogens is 370 g/mol. The lowest BCUT2D eigenvalue weighted by Gasteiger charge is -2.10.